The molecule has 0 saturated carbocycles. The van der Waals surface area contributed by atoms with Gasteiger partial charge in [-0.25, -0.2) is 0 Å². The van der Waals surface area contributed by atoms with Crippen LogP contribution in [-0.4, -0.2) is 0 Å². The van der Waals surface area contributed by atoms with Crippen LogP contribution >= 0.6 is 0 Å². The lowest BCUT2D eigenvalue weighted by Crippen LogP contribution is -2.40. The Balaban J connectivity index is 5.18. The lowest BCUT2D eigenvalue weighted by molar-refractivity contribution is 0.0142. The van der Waals surface area contributed by atoms with Crippen molar-refractivity contribution in [2.75, 3.05) is 0 Å². The van der Waals surface area contributed by atoms with Gasteiger partial charge in [-0.15, -0.1) is 0 Å². The van der Waals surface area contributed by atoms with Crippen LogP contribution in [0.4, 0.5) is 0 Å². The second-order valence-electron chi connectivity index (χ2n) is 6.54. The molecule has 4 unspecified atom stereocenters. The third-order valence-corrected chi connectivity index (χ3v) is 5.68. The van der Waals surface area contributed by atoms with Gasteiger partial charge in [0, 0.05) is 0 Å². The molecule has 0 N–H and O–H groups in total. The fourth-order valence-corrected chi connectivity index (χ4v) is 3.74. The summed E-state index contributed by atoms with van der Waals surface area (Å²) in [5.41, 5.74) is 0.554. The SMILES string of the molecule is CCCC(CC)(C(C)C(C)C)C(C)C(C)CC. The van der Waals surface area contributed by atoms with Gasteiger partial charge in [0.15, 0.2) is 0 Å². The van der Waals surface area contributed by atoms with Crippen LogP contribution in [0.5, 0.6) is 0 Å². The third kappa shape index (κ3) is 3.73. The van der Waals surface area contributed by atoms with E-state index in [1.165, 1.54) is 25.7 Å². The molecule has 0 aromatic heterocycles. The summed E-state index contributed by atoms with van der Waals surface area (Å²) in [5.74, 6) is 3.32. The summed E-state index contributed by atoms with van der Waals surface area (Å²) >= 11 is 0. The minimum absolute atomic E-state index is 0.554. The molecule has 0 heterocycles. The lowest BCUT2D eigenvalue weighted by Gasteiger charge is -2.48. The van der Waals surface area contributed by atoms with E-state index >= 15 is 0 Å². The van der Waals surface area contributed by atoms with E-state index in [4.69, 9.17) is 0 Å². The molecule has 0 aliphatic carbocycles. The standard InChI is InChI=1S/C17H36/c1-9-12-17(11-3,15(7)13(4)5)16(8)14(6)10-2/h13-16H,9-12H2,1-8H3. The zero-order valence-corrected chi connectivity index (χ0v) is 13.6. The molecule has 0 nitrogen and oxygen atoms in total. The summed E-state index contributed by atoms with van der Waals surface area (Å²) in [6.45, 7) is 19.3. The minimum Gasteiger partial charge on any atom is -0.0654 e. The van der Waals surface area contributed by atoms with Crippen LogP contribution < -0.4 is 0 Å². The van der Waals surface area contributed by atoms with E-state index < -0.39 is 0 Å². The molecule has 17 heavy (non-hydrogen) atoms. The first-order chi connectivity index (χ1) is 7.87. The molecule has 0 aromatic carbocycles. The molecular formula is C17H36. The molecule has 0 spiro atoms. The predicted octanol–water partition coefficient (Wildman–Crippen LogP) is 6.16. The molecule has 0 radical (unpaired) electrons. The topological polar surface area (TPSA) is 0 Å². The molecule has 0 aliphatic rings. The number of hydrogen-bond donors (Lipinski definition) is 0. The smallest absolute Gasteiger partial charge is 0.0244 e. The molecular weight excluding hydrogens is 204 g/mol. The monoisotopic (exact) mass is 240 g/mol. The van der Waals surface area contributed by atoms with Gasteiger partial charge in [0.1, 0.15) is 0 Å². The van der Waals surface area contributed by atoms with Crippen LogP contribution in [0.2, 0.25) is 0 Å². The van der Waals surface area contributed by atoms with E-state index in [0.29, 0.717) is 5.41 Å². The summed E-state index contributed by atoms with van der Waals surface area (Å²) in [7, 11) is 0. The van der Waals surface area contributed by atoms with Crippen molar-refractivity contribution in [1.29, 1.82) is 0 Å². The first-order valence-corrected chi connectivity index (χ1v) is 7.87. The Kier molecular flexibility index (Phi) is 7.44. The van der Waals surface area contributed by atoms with Crippen molar-refractivity contribution in [1.82, 2.24) is 0 Å². The van der Waals surface area contributed by atoms with Gasteiger partial charge in [-0.1, -0.05) is 68.2 Å². The highest BCUT2D eigenvalue weighted by molar-refractivity contribution is 4.90. The van der Waals surface area contributed by atoms with Gasteiger partial charge in [-0.2, -0.15) is 0 Å². The second-order valence-corrected chi connectivity index (χ2v) is 6.54. The summed E-state index contributed by atoms with van der Waals surface area (Å²) in [6, 6.07) is 0. The normalized spacial score (nSPS) is 21.0. The molecule has 0 aromatic rings. The maximum Gasteiger partial charge on any atom is -0.0244 e. The Morgan fingerprint density at radius 1 is 0.824 bits per heavy atom. The van der Waals surface area contributed by atoms with Crippen molar-refractivity contribution in [2.24, 2.45) is 29.1 Å². The average Bonchev–Trinajstić information content (AvgIpc) is 2.33. The van der Waals surface area contributed by atoms with Crippen molar-refractivity contribution in [3.8, 4) is 0 Å². The van der Waals surface area contributed by atoms with Crippen LogP contribution in [-0.2, 0) is 0 Å². The first-order valence-electron chi connectivity index (χ1n) is 7.87. The Labute approximate surface area is 111 Å². The fraction of sp³-hybridized carbons (Fsp3) is 1.00. The summed E-state index contributed by atoms with van der Waals surface area (Å²) in [6.07, 6.45) is 5.38. The van der Waals surface area contributed by atoms with Crippen LogP contribution in [0, 0.1) is 29.1 Å². The van der Waals surface area contributed by atoms with Crippen molar-refractivity contribution < 1.29 is 0 Å². The zero-order valence-electron chi connectivity index (χ0n) is 13.6. The highest BCUT2D eigenvalue weighted by atomic mass is 14.5. The highest BCUT2D eigenvalue weighted by Gasteiger charge is 2.41. The molecule has 0 saturated heterocycles. The van der Waals surface area contributed by atoms with E-state index in [9.17, 15) is 0 Å². The van der Waals surface area contributed by atoms with Gasteiger partial charge < -0.3 is 0 Å². The zero-order chi connectivity index (χ0) is 13.6. The van der Waals surface area contributed by atoms with Gasteiger partial charge in [0.05, 0.1) is 0 Å². The predicted molar refractivity (Wildman–Crippen MR) is 80.3 cm³/mol. The van der Waals surface area contributed by atoms with E-state index in [2.05, 4.69) is 55.4 Å². The molecule has 0 amide bonds. The van der Waals surface area contributed by atoms with Crippen LogP contribution in [0.25, 0.3) is 0 Å². The third-order valence-electron chi connectivity index (χ3n) is 5.68. The minimum atomic E-state index is 0.554. The van der Waals surface area contributed by atoms with Gasteiger partial charge in [-0.05, 0) is 41.9 Å². The first kappa shape index (κ1) is 17.0. The summed E-state index contributed by atoms with van der Waals surface area (Å²) in [5, 5.41) is 0. The lowest BCUT2D eigenvalue weighted by atomic mass is 9.57. The Morgan fingerprint density at radius 2 is 1.35 bits per heavy atom. The largest absolute Gasteiger partial charge is 0.0654 e. The average molecular weight is 240 g/mol. The Bertz CT molecular complexity index is 194. The van der Waals surface area contributed by atoms with E-state index in [1.54, 1.807) is 0 Å². The van der Waals surface area contributed by atoms with Gasteiger partial charge in [0.2, 0.25) is 0 Å². The van der Waals surface area contributed by atoms with Gasteiger partial charge in [-0.3, -0.25) is 0 Å². The number of rotatable bonds is 8. The van der Waals surface area contributed by atoms with Crippen LogP contribution in [0.3, 0.4) is 0 Å². The molecule has 4 atom stereocenters. The fourth-order valence-electron chi connectivity index (χ4n) is 3.74. The van der Waals surface area contributed by atoms with E-state index in [-0.39, 0.29) is 0 Å². The molecule has 0 fully saturated rings. The van der Waals surface area contributed by atoms with Crippen molar-refractivity contribution in [3.63, 3.8) is 0 Å². The van der Waals surface area contributed by atoms with Gasteiger partial charge >= 0.3 is 0 Å². The van der Waals surface area contributed by atoms with Crippen molar-refractivity contribution in [3.05, 3.63) is 0 Å². The quantitative estimate of drug-likeness (QED) is 0.477. The van der Waals surface area contributed by atoms with Crippen molar-refractivity contribution >= 4 is 0 Å². The molecule has 0 rings (SSSR count). The van der Waals surface area contributed by atoms with E-state index in [0.717, 1.165) is 23.7 Å². The molecule has 104 valence electrons. The second kappa shape index (κ2) is 7.44. The maximum absolute atomic E-state index is 2.51. The highest BCUT2D eigenvalue weighted by Crippen LogP contribution is 2.49. The molecule has 0 aliphatic heterocycles. The van der Waals surface area contributed by atoms with Crippen molar-refractivity contribution in [2.45, 2.75) is 81.1 Å². The number of hydrogen-bond acceptors (Lipinski definition) is 0. The van der Waals surface area contributed by atoms with Gasteiger partial charge in [0.25, 0.3) is 0 Å². The van der Waals surface area contributed by atoms with Crippen LogP contribution in [0.1, 0.15) is 81.1 Å². The Morgan fingerprint density at radius 3 is 1.65 bits per heavy atom. The Hall–Kier alpha value is 0. The summed E-state index contributed by atoms with van der Waals surface area (Å²) < 4.78 is 0. The molecule has 0 heteroatoms. The van der Waals surface area contributed by atoms with E-state index in [1.807, 2.05) is 0 Å². The maximum atomic E-state index is 2.51. The summed E-state index contributed by atoms with van der Waals surface area (Å²) in [4.78, 5) is 0. The molecule has 0 bridgehead atoms. The van der Waals surface area contributed by atoms with Crippen LogP contribution in [0.15, 0.2) is 0 Å².